The molecule has 0 aromatic heterocycles. The topological polar surface area (TPSA) is 44.4 Å². The number of hydrogen-bond acceptors (Lipinski definition) is 2. The van der Waals surface area contributed by atoms with Gasteiger partial charge in [0.2, 0.25) is 0 Å². The molecular formula is C18H31N3O. The molecule has 1 aromatic carbocycles. The number of urea groups is 1. The van der Waals surface area contributed by atoms with Crippen LogP contribution in [0, 0.1) is 5.92 Å². The van der Waals surface area contributed by atoms with Crippen LogP contribution in [0.25, 0.3) is 0 Å². The van der Waals surface area contributed by atoms with E-state index >= 15 is 0 Å². The minimum atomic E-state index is -0.0550. The van der Waals surface area contributed by atoms with E-state index in [1.165, 1.54) is 5.56 Å². The van der Waals surface area contributed by atoms with Gasteiger partial charge >= 0.3 is 6.03 Å². The second kappa shape index (κ2) is 10.2. The summed E-state index contributed by atoms with van der Waals surface area (Å²) in [4.78, 5) is 14.1. The van der Waals surface area contributed by atoms with Crippen molar-refractivity contribution in [3.05, 3.63) is 35.9 Å². The van der Waals surface area contributed by atoms with Crippen molar-refractivity contribution >= 4 is 6.03 Å². The van der Waals surface area contributed by atoms with Gasteiger partial charge in [0.25, 0.3) is 0 Å². The number of carbonyl (C=O) groups is 1. The molecule has 4 heteroatoms. The maximum atomic E-state index is 12.0. The number of hydrogen-bond donors (Lipinski definition) is 2. The van der Waals surface area contributed by atoms with Gasteiger partial charge in [-0.25, -0.2) is 4.79 Å². The third kappa shape index (κ3) is 8.67. The first-order chi connectivity index (χ1) is 10.5. The van der Waals surface area contributed by atoms with Gasteiger partial charge in [-0.3, -0.25) is 0 Å². The van der Waals surface area contributed by atoms with E-state index in [-0.39, 0.29) is 12.1 Å². The molecule has 1 rings (SSSR count). The number of carbonyl (C=O) groups excluding carboxylic acids is 1. The Labute approximate surface area is 135 Å². The Morgan fingerprint density at radius 3 is 2.45 bits per heavy atom. The van der Waals surface area contributed by atoms with Crippen LogP contribution in [0.2, 0.25) is 0 Å². The van der Waals surface area contributed by atoms with Crippen LogP contribution in [0.4, 0.5) is 4.79 Å². The van der Waals surface area contributed by atoms with Crippen LogP contribution in [0.1, 0.15) is 32.3 Å². The van der Waals surface area contributed by atoms with Gasteiger partial charge < -0.3 is 15.5 Å². The number of aryl methyl sites for hydroxylation is 1. The summed E-state index contributed by atoms with van der Waals surface area (Å²) in [6, 6.07) is 10.5. The van der Waals surface area contributed by atoms with Gasteiger partial charge in [0, 0.05) is 19.1 Å². The first-order valence-electron chi connectivity index (χ1n) is 8.20. The second-order valence-corrected chi connectivity index (χ2v) is 6.58. The van der Waals surface area contributed by atoms with Gasteiger partial charge in [0.15, 0.2) is 0 Å². The SMILES string of the molecule is CC(C)CC(CN(C)C)NC(=O)NCCCc1ccccc1. The number of benzene rings is 1. The molecule has 0 aliphatic carbocycles. The van der Waals surface area contributed by atoms with E-state index in [0.717, 1.165) is 25.8 Å². The average Bonchev–Trinajstić information content (AvgIpc) is 2.43. The maximum absolute atomic E-state index is 12.0. The lowest BCUT2D eigenvalue weighted by molar-refractivity contribution is 0.229. The minimum Gasteiger partial charge on any atom is -0.338 e. The first kappa shape index (κ1) is 18.5. The summed E-state index contributed by atoms with van der Waals surface area (Å²) in [5.74, 6) is 0.573. The lowest BCUT2D eigenvalue weighted by Gasteiger charge is -2.24. The Hall–Kier alpha value is -1.55. The lowest BCUT2D eigenvalue weighted by Crippen LogP contribution is -2.47. The zero-order chi connectivity index (χ0) is 16.4. The minimum absolute atomic E-state index is 0.0550. The largest absolute Gasteiger partial charge is 0.338 e. The van der Waals surface area contributed by atoms with E-state index in [1.54, 1.807) is 0 Å². The van der Waals surface area contributed by atoms with Crippen LogP contribution >= 0.6 is 0 Å². The van der Waals surface area contributed by atoms with Crippen LogP contribution < -0.4 is 10.6 Å². The highest BCUT2D eigenvalue weighted by Crippen LogP contribution is 2.05. The molecule has 22 heavy (non-hydrogen) atoms. The van der Waals surface area contributed by atoms with E-state index in [2.05, 4.69) is 41.5 Å². The van der Waals surface area contributed by atoms with E-state index < -0.39 is 0 Å². The highest BCUT2D eigenvalue weighted by molar-refractivity contribution is 5.74. The van der Waals surface area contributed by atoms with Gasteiger partial charge in [-0.05, 0) is 44.8 Å². The molecule has 2 N–H and O–H groups in total. The maximum Gasteiger partial charge on any atom is 0.315 e. The monoisotopic (exact) mass is 305 g/mol. The summed E-state index contributed by atoms with van der Waals surface area (Å²) in [6.45, 7) is 5.94. The number of nitrogens with zero attached hydrogens (tertiary/aromatic N) is 1. The predicted octanol–water partition coefficient (Wildman–Crippen LogP) is 2.89. The van der Waals surface area contributed by atoms with Crippen molar-refractivity contribution in [2.24, 2.45) is 5.92 Å². The molecule has 4 nitrogen and oxygen atoms in total. The van der Waals surface area contributed by atoms with Gasteiger partial charge in [-0.15, -0.1) is 0 Å². The number of likely N-dealkylation sites (N-methyl/N-ethyl adjacent to an activating group) is 1. The summed E-state index contributed by atoms with van der Waals surface area (Å²) in [5.41, 5.74) is 1.31. The molecule has 124 valence electrons. The predicted molar refractivity (Wildman–Crippen MR) is 93.1 cm³/mol. The normalized spacial score (nSPS) is 12.5. The Morgan fingerprint density at radius 1 is 1.18 bits per heavy atom. The molecule has 2 amide bonds. The van der Waals surface area contributed by atoms with Crippen molar-refractivity contribution in [1.82, 2.24) is 15.5 Å². The standard InChI is InChI=1S/C18H31N3O/c1-15(2)13-17(14-21(3)4)20-18(22)19-12-8-11-16-9-6-5-7-10-16/h5-7,9-10,15,17H,8,11-14H2,1-4H3,(H2,19,20,22). The van der Waals surface area contributed by atoms with Gasteiger partial charge in [0.05, 0.1) is 0 Å². The fourth-order valence-corrected chi connectivity index (χ4v) is 2.56. The molecule has 0 spiro atoms. The van der Waals surface area contributed by atoms with E-state index in [1.807, 2.05) is 32.3 Å². The Balaban J connectivity index is 2.25. The Kier molecular flexibility index (Phi) is 8.60. The molecule has 0 heterocycles. The van der Waals surface area contributed by atoms with Crippen LogP contribution in [-0.2, 0) is 6.42 Å². The van der Waals surface area contributed by atoms with Crippen molar-refractivity contribution in [3.63, 3.8) is 0 Å². The van der Waals surface area contributed by atoms with Crippen molar-refractivity contribution in [1.29, 1.82) is 0 Å². The van der Waals surface area contributed by atoms with Crippen LogP contribution in [0.5, 0.6) is 0 Å². The fraction of sp³-hybridized carbons (Fsp3) is 0.611. The van der Waals surface area contributed by atoms with E-state index in [4.69, 9.17) is 0 Å². The quantitative estimate of drug-likeness (QED) is 0.689. The van der Waals surface area contributed by atoms with Crippen molar-refractivity contribution in [2.45, 2.75) is 39.2 Å². The molecule has 1 aromatic rings. The number of nitrogens with one attached hydrogen (secondary N) is 2. The Bertz CT molecular complexity index is 408. The summed E-state index contributed by atoms with van der Waals surface area (Å²) in [7, 11) is 4.07. The van der Waals surface area contributed by atoms with Crippen LogP contribution in [0.3, 0.4) is 0 Å². The average molecular weight is 305 g/mol. The zero-order valence-corrected chi connectivity index (χ0v) is 14.4. The molecule has 0 aliphatic heterocycles. The van der Waals surface area contributed by atoms with Gasteiger partial charge in [0.1, 0.15) is 0 Å². The van der Waals surface area contributed by atoms with E-state index in [9.17, 15) is 4.79 Å². The summed E-state index contributed by atoms with van der Waals surface area (Å²) in [6.07, 6.45) is 2.95. The highest BCUT2D eigenvalue weighted by Gasteiger charge is 2.14. The molecular weight excluding hydrogens is 274 g/mol. The smallest absolute Gasteiger partial charge is 0.315 e. The first-order valence-corrected chi connectivity index (χ1v) is 8.20. The lowest BCUT2D eigenvalue weighted by atomic mass is 10.0. The molecule has 1 unspecified atom stereocenters. The third-order valence-corrected chi connectivity index (χ3v) is 3.45. The molecule has 0 aliphatic rings. The second-order valence-electron chi connectivity index (χ2n) is 6.58. The molecule has 0 fully saturated rings. The van der Waals surface area contributed by atoms with Crippen LogP contribution in [-0.4, -0.2) is 44.2 Å². The summed E-state index contributed by atoms with van der Waals surface area (Å²) in [5, 5.41) is 6.05. The summed E-state index contributed by atoms with van der Waals surface area (Å²) >= 11 is 0. The van der Waals surface area contributed by atoms with Crippen molar-refractivity contribution in [2.75, 3.05) is 27.2 Å². The van der Waals surface area contributed by atoms with Gasteiger partial charge in [-0.2, -0.15) is 0 Å². The summed E-state index contributed by atoms with van der Waals surface area (Å²) < 4.78 is 0. The van der Waals surface area contributed by atoms with Crippen LogP contribution in [0.15, 0.2) is 30.3 Å². The Morgan fingerprint density at radius 2 is 1.86 bits per heavy atom. The number of amides is 2. The van der Waals surface area contributed by atoms with Crippen molar-refractivity contribution in [3.8, 4) is 0 Å². The van der Waals surface area contributed by atoms with E-state index in [0.29, 0.717) is 12.5 Å². The molecule has 0 saturated heterocycles. The molecule has 0 radical (unpaired) electrons. The fourth-order valence-electron chi connectivity index (χ4n) is 2.56. The van der Waals surface area contributed by atoms with Gasteiger partial charge in [-0.1, -0.05) is 44.2 Å². The number of rotatable bonds is 9. The highest BCUT2D eigenvalue weighted by atomic mass is 16.2. The molecule has 1 atom stereocenters. The molecule has 0 saturated carbocycles. The van der Waals surface area contributed by atoms with Crippen molar-refractivity contribution < 1.29 is 4.79 Å². The zero-order valence-electron chi connectivity index (χ0n) is 14.4. The third-order valence-electron chi connectivity index (χ3n) is 3.45. The molecule has 0 bridgehead atoms.